The number of hydrogen-bond acceptors (Lipinski definition) is 15. The summed E-state index contributed by atoms with van der Waals surface area (Å²) in [5.41, 5.74) is -3.12. The minimum Gasteiger partial charge on any atom is -0.495 e. The number of likely N-dealkylation sites (N-methyl/N-ethyl adjacent to an activating group) is 1. The summed E-state index contributed by atoms with van der Waals surface area (Å²) in [6.45, 7) is 14.8. The van der Waals surface area contributed by atoms with Gasteiger partial charge in [-0.05, 0) is 92.6 Å². The standard InChI is InChI=1S/C66H77Cl3F4N10O9/c1-37-39(35-84)13-17-46(70)52(37)53-45(69)33-42-57(56(53)73)79-62(80-59(42)82-22-24-83(25-23-82)63(88)92-65(5,6)7)76-20-19-51(85)81(8)26-28-91-30-29-90-27-21-75-60(86)38-14-18-48(49(31-38)89-9)77-61(87)58-54(41-11-10-12-44(68)55(41)72)66(36-74,50(78-58)34-64(2,3)4)43-16-15-40(67)32-47(43)71/h10-18,31-33,37,39,50,54,58,78,84H,19-30,34-35H2,1-9H3,(H,75,86)(H,77,87)(H,76,79,80)/t37-,39-,50-,54-,58+,66-/m0/s1. The minimum atomic E-state index is -1.85. The second-order valence-corrected chi connectivity index (χ2v) is 26.3. The van der Waals surface area contributed by atoms with Gasteiger partial charge in [-0.1, -0.05) is 86.8 Å². The van der Waals surface area contributed by atoms with Crippen LogP contribution in [0.3, 0.4) is 0 Å². The first kappa shape index (κ1) is 70.6. The zero-order chi connectivity index (χ0) is 67.0. The number of ether oxygens (including phenoxy) is 4. The smallest absolute Gasteiger partial charge is 0.410 e. The molecule has 1 aromatic heterocycles. The Hall–Kier alpha value is -7.30. The molecular formula is C66H77Cl3F4N10O9. The number of allylic oxidation sites excluding steroid dienone is 3. The van der Waals surface area contributed by atoms with Crippen molar-refractivity contribution in [2.45, 2.75) is 90.3 Å². The first-order chi connectivity index (χ1) is 43.6. The Morgan fingerprint density at radius 2 is 1.61 bits per heavy atom. The van der Waals surface area contributed by atoms with Gasteiger partial charge in [-0.3, -0.25) is 14.4 Å². The van der Waals surface area contributed by atoms with Crippen LogP contribution in [0.15, 0.2) is 78.6 Å². The molecule has 19 nitrogen and oxygen atoms in total. The van der Waals surface area contributed by atoms with E-state index in [0.717, 1.165) is 6.07 Å². The van der Waals surface area contributed by atoms with Crippen molar-refractivity contribution in [2.75, 3.05) is 109 Å². The average molecular weight is 1340 g/mol. The maximum atomic E-state index is 17.0. The van der Waals surface area contributed by atoms with Crippen molar-refractivity contribution in [3.63, 3.8) is 0 Å². The molecule has 3 aliphatic rings. The molecule has 6 atom stereocenters. The lowest BCUT2D eigenvalue weighted by atomic mass is 9.62. The average Bonchev–Trinajstić information content (AvgIpc) is 1.38. The van der Waals surface area contributed by atoms with E-state index >= 15 is 17.6 Å². The second kappa shape index (κ2) is 30.2. The number of rotatable bonds is 23. The molecule has 4 amide bonds. The Balaban J connectivity index is 0.818. The number of nitrogens with one attached hydrogen (secondary N) is 4. The number of methoxy groups -OCH3 is 1. The number of anilines is 3. The summed E-state index contributed by atoms with van der Waals surface area (Å²) in [6.07, 6.45) is 2.52. The van der Waals surface area contributed by atoms with Crippen LogP contribution in [-0.2, 0) is 29.2 Å². The number of amides is 4. The highest BCUT2D eigenvalue weighted by atomic mass is 35.5. The van der Waals surface area contributed by atoms with E-state index in [2.05, 4.69) is 32.3 Å². The number of nitrogens with zero attached hydrogens (tertiary/aromatic N) is 6. The maximum absolute atomic E-state index is 17.0. The van der Waals surface area contributed by atoms with Gasteiger partial charge in [0.25, 0.3) is 5.91 Å². The lowest BCUT2D eigenvalue weighted by Gasteiger charge is -2.37. The number of aliphatic hydroxyl groups is 1. The molecule has 3 heterocycles. The maximum Gasteiger partial charge on any atom is 0.410 e. The molecule has 0 saturated carbocycles. The molecule has 0 spiro atoms. The summed E-state index contributed by atoms with van der Waals surface area (Å²) in [4.78, 5) is 68.3. The van der Waals surface area contributed by atoms with Crippen molar-refractivity contribution in [3.8, 4) is 11.8 Å². The van der Waals surface area contributed by atoms with E-state index in [0.29, 0.717) is 18.9 Å². The van der Waals surface area contributed by atoms with Gasteiger partial charge in [0.2, 0.25) is 17.8 Å². The van der Waals surface area contributed by atoms with E-state index in [1.54, 1.807) is 39.6 Å². The fourth-order valence-electron chi connectivity index (χ4n) is 11.8. The van der Waals surface area contributed by atoms with Gasteiger partial charge >= 0.3 is 6.09 Å². The zero-order valence-corrected chi connectivity index (χ0v) is 55.0. The molecular weight excluding hydrogens is 1260 g/mol. The summed E-state index contributed by atoms with van der Waals surface area (Å²) < 4.78 is 87.5. The van der Waals surface area contributed by atoms with Gasteiger partial charge in [-0.15, -0.1) is 0 Å². The molecule has 0 unspecified atom stereocenters. The summed E-state index contributed by atoms with van der Waals surface area (Å²) in [5.74, 6) is -6.63. The van der Waals surface area contributed by atoms with Crippen LogP contribution < -0.4 is 30.9 Å². The summed E-state index contributed by atoms with van der Waals surface area (Å²) >= 11 is 19.3. The topological polar surface area (TPSA) is 233 Å². The Bertz CT molecular complexity index is 3670. The molecule has 2 saturated heterocycles. The normalized spacial score (nSPS) is 20.1. The molecule has 26 heteroatoms. The van der Waals surface area contributed by atoms with E-state index < -0.39 is 87.5 Å². The molecule has 4 aromatic carbocycles. The highest BCUT2D eigenvalue weighted by molar-refractivity contribution is 6.33. The van der Waals surface area contributed by atoms with Gasteiger partial charge in [0, 0.05) is 116 Å². The van der Waals surface area contributed by atoms with E-state index in [1.165, 1.54) is 78.8 Å². The van der Waals surface area contributed by atoms with Gasteiger partial charge in [-0.2, -0.15) is 10.2 Å². The summed E-state index contributed by atoms with van der Waals surface area (Å²) in [7, 11) is 2.97. The van der Waals surface area contributed by atoms with Crippen molar-refractivity contribution in [1.29, 1.82) is 5.26 Å². The Morgan fingerprint density at radius 3 is 2.27 bits per heavy atom. The number of benzene rings is 4. The lowest BCUT2D eigenvalue weighted by Crippen LogP contribution is -2.50. The van der Waals surface area contributed by atoms with E-state index in [4.69, 9.17) is 58.7 Å². The number of halogens is 7. The Morgan fingerprint density at radius 1 is 0.891 bits per heavy atom. The first-order valence-corrected chi connectivity index (χ1v) is 31.3. The van der Waals surface area contributed by atoms with Crippen LogP contribution >= 0.6 is 34.8 Å². The van der Waals surface area contributed by atoms with Crippen LogP contribution in [0.1, 0.15) is 94.3 Å². The number of nitriles is 1. The number of carbonyl (C=O) groups is 4. The number of aromatic nitrogens is 2. The van der Waals surface area contributed by atoms with Gasteiger partial charge in [0.15, 0.2) is 5.82 Å². The SMILES string of the molecule is COc1cc(C(=O)NCCOCCOCCN(C)C(=O)CCNc2nc(N3CCN(C(=O)OC(C)(C)C)CC3)c3cc(Cl)c(C4=C(F)C=C[C@@H](CO)[C@@H]4C)c(F)c3n2)ccc1NC(=O)[C@@H]1N[C@@H](CC(C)(C)C)[C@](C#N)(c2ccc(Cl)cc2F)[C@H]1c1cccc(Cl)c1F. The van der Waals surface area contributed by atoms with Crippen molar-refractivity contribution in [2.24, 2.45) is 17.3 Å². The lowest BCUT2D eigenvalue weighted by molar-refractivity contribution is -0.130. The highest BCUT2D eigenvalue weighted by Gasteiger charge is 2.61. The van der Waals surface area contributed by atoms with Crippen LogP contribution in [0.25, 0.3) is 16.5 Å². The number of aliphatic hydroxyl groups excluding tert-OH is 1. The van der Waals surface area contributed by atoms with Crippen molar-refractivity contribution in [3.05, 3.63) is 133 Å². The largest absolute Gasteiger partial charge is 0.495 e. The molecule has 494 valence electrons. The number of fused-ring (bicyclic) bond motifs is 1. The van der Waals surface area contributed by atoms with E-state index in [1.807, 2.05) is 25.7 Å². The van der Waals surface area contributed by atoms with E-state index in [9.17, 15) is 29.5 Å². The second-order valence-electron chi connectivity index (χ2n) is 25.1. The Kier molecular flexibility index (Phi) is 23.2. The van der Waals surface area contributed by atoms with Crippen molar-refractivity contribution >= 4 is 92.5 Å². The summed E-state index contributed by atoms with van der Waals surface area (Å²) in [5, 5.41) is 33.2. The fourth-order valence-corrected chi connectivity index (χ4v) is 12.4. The fraction of sp³-hybridized carbons (Fsp3) is 0.470. The zero-order valence-electron chi connectivity index (χ0n) is 52.8. The van der Waals surface area contributed by atoms with Crippen LogP contribution in [0, 0.1) is 46.0 Å². The molecule has 1 aliphatic carbocycles. The molecule has 92 heavy (non-hydrogen) atoms. The van der Waals surface area contributed by atoms with Crippen LogP contribution in [-0.4, -0.2) is 159 Å². The predicted molar refractivity (Wildman–Crippen MR) is 345 cm³/mol. The predicted octanol–water partition coefficient (Wildman–Crippen LogP) is 11.3. The molecule has 8 rings (SSSR count). The van der Waals surface area contributed by atoms with Crippen LogP contribution in [0.4, 0.5) is 39.8 Å². The molecule has 0 radical (unpaired) electrons. The third kappa shape index (κ3) is 16.2. The minimum absolute atomic E-state index is 0.000292. The van der Waals surface area contributed by atoms with Crippen molar-refractivity contribution < 1.29 is 60.8 Å². The third-order valence-electron chi connectivity index (χ3n) is 16.4. The van der Waals surface area contributed by atoms with Crippen LogP contribution in [0.2, 0.25) is 15.1 Å². The number of piperazine rings is 1. The third-order valence-corrected chi connectivity index (χ3v) is 17.2. The number of carbonyl (C=O) groups excluding carboxylic acids is 4. The number of hydrogen-bond donors (Lipinski definition) is 5. The quantitative estimate of drug-likeness (QED) is 0.0302. The van der Waals surface area contributed by atoms with Gasteiger partial charge in [0.1, 0.15) is 45.6 Å². The molecule has 5 N–H and O–H groups in total. The van der Waals surface area contributed by atoms with Gasteiger partial charge in [-0.25, -0.2) is 27.3 Å². The van der Waals surface area contributed by atoms with E-state index in [-0.39, 0.29) is 156 Å². The van der Waals surface area contributed by atoms with Crippen molar-refractivity contribution in [1.82, 2.24) is 30.4 Å². The monoisotopic (exact) mass is 1330 g/mol. The van der Waals surface area contributed by atoms with Gasteiger partial charge < -0.3 is 60.0 Å². The molecule has 0 bridgehead atoms. The highest BCUT2D eigenvalue weighted by Crippen LogP contribution is 2.53. The first-order valence-electron chi connectivity index (χ1n) is 30.2. The van der Waals surface area contributed by atoms with Crippen LogP contribution in [0.5, 0.6) is 5.75 Å². The summed E-state index contributed by atoms with van der Waals surface area (Å²) in [6, 6.07) is 14.2. The molecule has 2 fully saturated rings. The molecule has 5 aromatic rings. The Labute approximate surface area is 547 Å². The van der Waals surface area contributed by atoms with Gasteiger partial charge in [0.05, 0.1) is 61.4 Å². The molecule has 2 aliphatic heterocycles.